The van der Waals surface area contributed by atoms with Crippen molar-refractivity contribution < 1.29 is 31.1 Å². The van der Waals surface area contributed by atoms with Crippen molar-refractivity contribution in [2.75, 3.05) is 0 Å². The van der Waals surface area contributed by atoms with Crippen LogP contribution in [0.15, 0.2) is 34.3 Å². The third-order valence-corrected chi connectivity index (χ3v) is 8.43. The van der Waals surface area contributed by atoms with Crippen LogP contribution in [0.5, 0.6) is 11.5 Å². The van der Waals surface area contributed by atoms with Gasteiger partial charge >= 0.3 is 37.9 Å². The van der Waals surface area contributed by atoms with Gasteiger partial charge in [0, 0.05) is 46.8 Å². The quantitative estimate of drug-likeness (QED) is 0.260. The van der Waals surface area contributed by atoms with Crippen molar-refractivity contribution in [2.24, 2.45) is 20.8 Å². The fourth-order valence-corrected chi connectivity index (χ4v) is 6.75. The van der Waals surface area contributed by atoms with Gasteiger partial charge in [-0.05, 0) is 96.3 Å². The normalized spacial score (nSPS) is 13.4. The fourth-order valence-electron chi connectivity index (χ4n) is 6.75. The van der Waals surface area contributed by atoms with E-state index in [1.165, 1.54) is 11.1 Å². The Kier molecular flexibility index (Phi) is 19.0. The van der Waals surface area contributed by atoms with Gasteiger partial charge in [0.25, 0.3) is 0 Å². The first-order chi connectivity index (χ1) is 22.7. The number of aromatic hydroxyl groups is 2. The molecule has 0 aliphatic heterocycles. The standard InChI is InChI=1S/2C22H37NO.2ClH.Zr/c2*1-15(2)23-13-16-11-17(22(9,10)14-20(3,4)5)12-18(19(16)24)21(6,7)8;;;/h2*11-13,15,24H,14H2,1-10H3;2*1H;/q;;;;+2/p-2. The summed E-state index contributed by atoms with van der Waals surface area (Å²) in [5.74, 6) is 0.726. The molecular weight excluding hydrogens is 751 g/mol. The predicted octanol–water partition coefficient (Wildman–Crippen LogP) is 13.8. The summed E-state index contributed by atoms with van der Waals surface area (Å²) in [6.45, 7) is 43.9. The van der Waals surface area contributed by atoms with E-state index in [1.807, 2.05) is 40.1 Å². The number of rotatable bonds is 8. The number of hydrogen-bond donors (Lipinski definition) is 2. The first kappa shape index (κ1) is 49.8. The maximum absolute atomic E-state index is 10.8. The summed E-state index contributed by atoms with van der Waals surface area (Å²) >= 11 is -0.826. The van der Waals surface area contributed by atoms with Crippen LogP contribution in [0.25, 0.3) is 0 Å². The second-order valence-corrected chi connectivity index (χ2v) is 24.2. The first-order valence-corrected chi connectivity index (χ1v) is 24.8. The van der Waals surface area contributed by atoms with E-state index in [2.05, 4.69) is 145 Å². The van der Waals surface area contributed by atoms with Crippen LogP contribution in [0.2, 0.25) is 0 Å². The van der Waals surface area contributed by atoms with E-state index in [0.29, 0.717) is 11.5 Å². The zero-order valence-corrected chi connectivity index (χ0v) is 40.0. The molecule has 0 bridgehead atoms. The van der Waals surface area contributed by atoms with Gasteiger partial charge in [0.2, 0.25) is 0 Å². The molecule has 0 radical (unpaired) electrons. The Morgan fingerprint density at radius 3 is 1.00 bits per heavy atom. The summed E-state index contributed by atoms with van der Waals surface area (Å²) in [5, 5.41) is 21.5. The molecule has 0 atom stereocenters. The van der Waals surface area contributed by atoms with E-state index in [9.17, 15) is 10.2 Å². The second kappa shape index (κ2) is 19.4. The average molecular weight is 825 g/mol. The topological polar surface area (TPSA) is 65.2 Å². The van der Waals surface area contributed by atoms with Crippen LogP contribution in [-0.2, 0) is 42.5 Å². The molecule has 2 N–H and O–H groups in total. The average Bonchev–Trinajstić information content (AvgIpc) is 2.88. The van der Waals surface area contributed by atoms with Crippen molar-refractivity contribution in [1.82, 2.24) is 0 Å². The van der Waals surface area contributed by atoms with Crippen LogP contribution in [-0.4, -0.2) is 34.7 Å². The van der Waals surface area contributed by atoms with Crippen LogP contribution in [0.1, 0.15) is 185 Å². The number of halogens is 2. The van der Waals surface area contributed by atoms with Gasteiger partial charge in [-0.3, -0.25) is 9.98 Å². The molecule has 0 fully saturated rings. The van der Waals surface area contributed by atoms with Crippen LogP contribution in [0.3, 0.4) is 0 Å². The zero-order chi connectivity index (χ0) is 40.6. The predicted molar refractivity (Wildman–Crippen MR) is 225 cm³/mol. The van der Waals surface area contributed by atoms with Crippen LogP contribution in [0, 0.1) is 10.8 Å². The van der Waals surface area contributed by atoms with Gasteiger partial charge in [-0.25, -0.2) is 0 Å². The molecule has 0 aliphatic carbocycles. The molecule has 0 aliphatic rings. The summed E-state index contributed by atoms with van der Waals surface area (Å²) in [7, 11) is 9.87. The number of benzene rings is 2. The molecule has 0 amide bonds. The molecule has 2 aromatic rings. The van der Waals surface area contributed by atoms with E-state index in [4.69, 9.17) is 17.0 Å². The number of phenolic OH excluding ortho intramolecular Hbond substituents is 2. The maximum atomic E-state index is 10.8. The van der Waals surface area contributed by atoms with Gasteiger partial charge in [0.15, 0.2) is 0 Å². The molecule has 51 heavy (non-hydrogen) atoms. The Morgan fingerprint density at radius 2 is 0.804 bits per heavy atom. The van der Waals surface area contributed by atoms with Crippen molar-refractivity contribution in [3.05, 3.63) is 57.6 Å². The molecule has 2 aromatic carbocycles. The Balaban J connectivity index is 0.000000910. The fraction of sp³-hybridized carbons (Fsp3) is 0.682. The third kappa shape index (κ3) is 18.2. The van der Waals surface area contributed by atoms with Gasteiger partial charge in [0.1, 0.15) is 11.5 Å². The molecule has 0 saturated heterocycles. The van der Waals surface area contributed by atoms with E-state index in [-0.39, 0.29) is 44.6 Å². The van der Waals surface area contributed by atoms with Crippen LogP contribution in [0.4, 0.5) is 0 Å². The molecule has 0 aromatic heterocycles. The summed E-state index contributed by atoms with van der Waals surface area (Å²) in [6.07, 6.45) is 5.81. The molecule has 0 heterocycles. The summed E-state index contributed by atoms with van der Waals surface area (Å²) in [4.78, 5) is 8.98. The number of aliphatic imine (C=N–C) groups is 2. The van der Waals surface area contributed by atoms with E-state index in [1.54, 1.807) is 0 Å². The first-order valence-electron chi connectivity index (χ1n) is 18.5. The van der Waals surface area contributed by atoms with E-state index >= 15 is 0 Å². The molecule has 4 nitrogen and oxygen atoms in total. The SMILES string of the molecule is CC(C)N=Cc1cc(C(C)(C)CC(C)(C)C)cc(C(C)(C)C)c1O.CC(C)N=Cc1cc(C(C)(C)CC(C)(C)C)cc(C(C)(C)C)c1O.[Cl][Zr][Cl]. The minimum atomic E-state index is -0.826. The Morgan fingerprint density at radius 1 is 0.549 bits per heavy atom. The van der Waals surface area contributed by atoms with Gasteiger partial charge in [-0.1, -0.05) is 123 Å². The van der Waals surface area contributed by atoms with Gasteiger partial charge < -0.3 is 10.2 Å². The van der Waals surface area contributed by atoms with Crippen LogP contribution >= 0.6 is 17.0 Å². The number of nitrogens with zero attached hydrogens (tertiary/aromatic N) is 2. The van der Waals surface area contributed by atoms with Gasteiger partial charge in [-0.2, -0.15) is 0 Å². The third-order valence-electron chi connectivity index (χ3n) is 8.43. The molecule has 0 spiro atoms. The summed E-state index contributed by atoms with van der Waals surface area (Å²) < 4.78 is 0. The van der Waals surface area contributed by atoms with Gasteiger partial charge in [-0.15, -0.1) is 0 Å². The Hall–Kier alpha value is -1.16. The molecule has 2 rings (SSSR count). The molecule has 0 unspecified atom stereocenters. The van der Waals surface area contributed by atoms with Gasteiger partial charge in [0.05, 0.1) is 0 Å². The molecule has 7 heteroatoms. The van der Waals surface area contributed by atoms with Crippen molar-refractivity contribution >= 4 is 29.5 Å². The molecule has 290 valence electrons. The summed E-state index contributed by atoms with van der Waals surface area (Å²) in [5.41, 5.74) is 6.51. The Labute approximate surface area is 333 Å². The van der Waals surface area contributed by atoms with E-state index in [0.717, 1.165) is 35.1 Å². The minimum absolute atomic E-state index is 0.0341. The molecular formula is C44H74Cl2N2O2Zr. The number of phenols is 2. The van der Waals surface area contributed by atoms with Crippen molar-refractivity contribution in [3.8, 4) is 11.5 Å². The zero-order valence-electron chi connectivity index (χ0n) is 36.1. The summed E-state index contributed by atoms with van der Waals surface area (Å²) in [6, 6.07) is 9.04. The second-order valence-electron chi connectivity index (χ2n) is 20.5. The van der Waals surface area contributed by atoms with Crippen LogP contribution < -0.4 is 0 Å². The monoisotopic (exact) mass is 822 g/mol. The van der Waals surface area contributed by atoms with Crippen molar-refractivity contribution in [2.45, 2.75) is 185 Å². The van der Waals surface area contributed by atoms with Crippen molar-refractivity contribution in [1.29, 1.82) is 0 Å². The number of hydrogen-bond acceptors (Lipinski definition) is 4. The Bertz CT molecular complexity index is 1340. The molecule has 0 saturated carbocycles. The van der Waals surface area contributed by atoms with Crippen molar-refractivity contribution in [3.63, 3.8) is 0 Å². The van der Waals surface area contributed by atoms with E-state index < -0.39 is 20.8 Å².